The molecule has 6 rings (SSSR count). The third-order valence-corrected chi connectivity index (χ3v) is 7.71. The molecule has 3 aromatic rings. The van der Waals surface area contributed by atoms with E-state index in [2.05, 4.69) is 37.3 Å². The van der Waals surface area contributed by atoms with Crippen LogP contribution < -0.4 is 27.0 Å². The lowest BCUT2D eigenvalue weighted by Gasteiger charge is -2.33. The number of rotatable bonds is 5. The molecular formula is C25H29ClN8O2. The number of aromatic nitrogens is 2. The molecule has 2 aromatic heterocycles. The molecule has 2 fully saturated rings. The predicted octanol–water partition coefficient (Wildman–Crippen LogP) is 2.64. The molecule has 2 saturated heterocycles. The van der Waals surface area contributed by atoms with Crippen LogP contribution in [-0.4, -0.2) is 53.8 Å². The zero-order chi connectivity index (χ0) is 25.0. The number of H-pyrrole nitrogens is 1. The van der Waals surface area contributed by atoms with E-state index in [0.717, 1.165) is 49.8 Å². The number of hydrogen-bond acceptors (Lipinski definition) is 9. The fourth-order valence-electron chi connectivity index (χ4n) is 5.43. The summed E-state index contributed by atoms with van der Waals surface area (Å²) < 4.78 is 5.08. The van der Waals surface area contributed by atoms with Crippen LogP contribution in [0.1, 0.15) is 19.4 Å². The van der Waals surface area contributed by atoms with E-state index in [4.69, 9.17) is 26.7 Å². The molecule has 3 aliphatic rings. The molecule has 188 valence electrons. The molecule has 5 N–H and O–H groups in total. The second kappa shape index (κ2) is 8.65. The molecule has 36 heavy (non-hydrogen) atoms. The number of nitrogens with zero attached hydrogens (tertiary/aromatic N) is 4. The zero-order valence-electron chi connectivity index (χ0n) is 20.2. The number of allylic oxidation sites excluding steroid dienone is 1. The van der Waals surface area contributed by atoms with Crippen LogP contribution in [0, 0.1) is 11.8 Å². The van der Waals surface area contributed by atoms with E-state index in [-0.39, 0.29) is 0 Å². The Morgan fingerprint density at radius 1 is 1.25 bits per heavy atom. The minimum atomic E-state index is -1.24. The Kier molecular flexibility index (Phi) is 5.55. The number of pyridine rings is 1. The molecule has 3 aliphatic heterocycles. The van der Waals surface area contributed by atoms with Crippen LogP contribution in [0.4, 0.5) is 11.5 Å². The van der Waals surface area contributed by atoms with Gasteiger partial charge < -0.3 is 24.9 Å². The molecule has 5 heterocycles. The maximum absolute atomic E-state index is 11.5. The van der Waals surface area contributed by atoms with E-state index in [1.54, 1.807) is 24.5 Å². The maximum atomic E-state index is 11.5. The highest BCUT2D eigenvalue weighted by atomic mass is 35.5. The average Bonchev–Trinajstić information content (AvgIpc) is 3.53. The summed E-state index contributed by atoms with van der Waals surface area (Å²) in [5, 5.41) is 7.19. The van der Waals surface area contributed by atoms with Crippen molar-refractivity contribution in [1.29, 1.82) is 0 Å². The second-order valence-corrected chi connectivity index (χ2v) is 10.3. The number of nitrogens with one attached hydrogen (secondary N) is 3. The topological polar surface area (TPSA) is 128 Å². The van der Waals surface area contributed by atoms with E-state index < -0.39 is 11.5 Å². The summed E-state index contributed by atoms with van der Waals surface area (Å²) in [7, 11) is 0. The number of aliphatic imine (C=N–C) groups is 1. The summed E-state index contributed by atoms with van der Waals surface area (Å²) in [6.45, 7) is 9.48. The first-order chi connectivity index (χ1) is 17.3. The summed E-state index contributed by atoms with van der Waals surface area (Å²) in [4.78, 5) is 28.2. The van der Waals surface area contributed by atoms with Gasteiger partial charge in [-0.1, -0.05) is 18.5 Å². The van der Waals surface area contributed by atoms with Gasteiger partial charge in [0.15, 0.2) is 5.58 Å². The summed E-state index contributed by atoms with van der Waals surface area (Å²) in [6, 6.07) is 7.20. The molecular weight excluding hydrogens is 480 g/mol. The van der Waals surface area contributed by atoms with Crippen LogP contribution in [-0.2, 0) is 5.79 Å². The first kappa shape index (κ1) is 23.1. The normalized spacial score (nSPS) is 26.1. The van der Waals surface area contributed by atoms with Crippen LogP contribution in [0.5, 0.6) is 0 Å². The fourth-order valence-corrected chi connectivity index (χ4v) is 5.71. The van der Waals surface area contributed by atoms with E-state index in [9.17, 15) is 4.79 Å². The second-order valence-electron chi connectivity index (χ2n) is 9.86. The van der Waals surface area contributed by atoms with Gasteiger partial charge in [-0.25, -0.2) is 14.8 Å². The lowest BCUT2D eigenvalue weighted by atomic mass is 10.0. The molecule has 0 saturated carbocycles. The first-order valence-electron chi connectivity index (χ1n) is 12.2. The van der Waals surface area contributed by atoms with Gasteiger partial charge in [0.25, 0.3) is 0 Å². The molecule has 3 atom stereocenters. The van der Waals surface area contributed by atoms with E-state index in [1.807, 2.05) is 19.1 Å². The van der Waals surface area contributed by atoms with Crippen LogP contribution in [0.25, 0.3) is 11.1 Å². The Morgan fingerprint density at radius 3 is 2.75 bits per heavy atom. The summed E-state index contributed by atoms with van der Waals surface area (Å²) in [5.41, 5.74) is 10.1. The number of hydrogen-bond donors (Lipinski definition) is 4. The van der Waals surface area contributed by atoms with Gasteiger partial charge in [0.1, 0.15) is 11.6 Å². The van der Waals surface area contributed by atoms with Crippen LogP contribution in [0.15, 0.2) is 56.1 Å². The molecule has 0 spiro atoms. The largest absolute Gasteiger partial charge is 0.417 e. The van der Waals surface area contributed by atoms with Crippen molar-refractivity contribution in [3.05, 3.63) is 63.0 Å². The van der Waals surface area contributed by atoms with Crippen molar-refractivity contribution in [3.63, 3.8) is 0 Å². The standard InChI is InChI=1S/C25H29ClN8O2/c1-3-33-10-15-12-34(13-16(15)11-33)23-19(26)6-17(9-28-23)25(27)29-8-14(2)22(32-25)30-18-4-5-21-20(7-18)31-24(35)36-21/h4-9,15-16,30,32H,3,10-13,27H2,1-2H3,(H,31,35). The number of nitrogens with two attached hydrogens (primary N) is 1. The van der Waals surface area contributed by atoms with Crippen molar-refractivity contribution in [3.8, 4) is 0 Å². The van der Waals surface area contributed by atoms with Crippen molar-refractivity contribution in [2.75, 3.05) is 42.9 Å². The average molecular weight is 509 g/mol. The lowest BCUT2D eigenvalue weighted by Crippen LogP contribution is -2.51. The molecule has 10 nitrogen and oxygen atoms in total. The van der Waals surface area contributed by atoms with Gasteiger partial charge in [-0.3, -0.25) is 10.7 Å². The van der Waals surface area contributed by atoms with Crippen molar-refractivity contribution in [2.45, 2.75) is 19.6 Å². The van der Waals surface area contributed by atoms with E-state index in [0.29, 0.717) is 39.3 Å². The molecule has 1 aromatic carbocycles. The van der Waals surface area contributed by atoms with Gasteiger partial charge in [-0.15, -0.1) is 0 Å². The summed E-state index contributed by atoms with van der Waals surface area (Å²) >= 11 is 6.74. The van der Waals surface area contributed by atoms with E-state index in [1.165, 1.54) is 0 Å². The fraction of sp³-hybridized carbons (Fsp3) is 0.400. The maximum Gasteiger partial charge on any atom is 0.417 e. The van der Waals surface area contributed by atoms with Crippen molar-refractivity contribution < 1.29 is 4.42 Å². The van der Waals surface area contributed by atoms with Gasteiger partial charge in [0.2, 0.25) is 5.79 Å². The molecule has 0 radical (unpaired) electrons. The molecule has 11 heteroatoms. The Morgan fingerprint density at radius 2 is 2.03 bits per heavy atom. The molecule has 0 bridgehead atoms. The first-order valence-corrected chi connectivity index (χ1v) is 12.6. The third-order valence-electron chi connectivity index (χ3n) is 7.43. The van der Waals surface area contributed by atoms with Crippen LogP contribution >= 0.6 is 11.6 Å². The number of aromatic amines is 1. The Balaban J connectivity index is 1.20. The lowest BCUT2D eigenvalue weighted by molar-refractivity contribution is 0.334. The monoisotopic (exact) mass is 508 g/mol. The predicted molar refractivity (Wildman–Crippen MR) is 141 cm³/mol. The third kappa shape index (κ3) is 4.04. The number of halogens is 1. The number of likely N-dealkylation sites (tertiary alicyclic amines) is 1. The number of oxazole rings is 1. The van der Waals surface area contributed by atoms with Gasteiger partial charge in [0.05, 0.1) is 10.5 Å². The summed E-state index contributed by atoms with van der Waals surface area (Å²) in [5.74, 6) is 1.07. The molecule has 0 amide bonds. The Labute approximate surface area is 213 Å². The smallest absolute Gasteiger partial charge is 0.408 e. The van der Waals surface area contributed by atoms with Gasteiger partial charge in [0, 0.05) is 55.4 Å². The highest BCUT2D eigenvalue weighted by Gasteiger charge is 2.40. The minimum Gasteiger partial charge on any atom is -0.408 e. The van der Waals surface area contributed by atoms with Crippen LogP contribution in [0.3, 0.4) is 0 Å². The molecule has 0 aliphatic carbocycles. The number of fused-ring (bicyclic) bond motifs is 2. The molecule has 3 unspecified atom stereocenters. The van der Waals surface area contributed by atoms with Crippen molar-refractivity contribution >= 4 is 40.4 Å². The highest BCUT2D eigenvalue weighted by molar-refractivity contribution is 6.33. The van der Waals surface area contributed by atoms with Crippen molar-refractivity contribution in [2.24, 2.45) is 22.6 Å². The summed E-state index contributed by atoms with van der Waals surface area (Å²) in [6.07, 6.45) is 3.47. The highest BCUT2D eigenvalue weighted by Crippen LogP contribution is 2.37. The van der Waals surface area contributed by atoms with Gasteiger partial charge in [-0.05, 0) is 49.6 Å². The SMILES string of the molecule is CCN1CC2CN(c3ncc(C4(N)N=CC(C)=C(Nc5ccc6oc(=O)[nH]c6c5)N4)cc3Cl)CC2C1. The van der Waals surface area contributed by atoms with Gasteiger partial charge in [-0.2, -0.15) is 0 Å². The Hall–Kier alpha value is -3.34. The minimum absolute atomic E-state index is 0.491. The van der Waals surface area contributed by atoms with Crippen LogP contribution in [0.2, 0.25) is 5.02 Å². The number of anilines is 2. The zero-order valence-corrected chi connectivity index (χ0v) is 21.0. The van der Waals surface area contributed by atoms with Crippen molar-refractivity contribution in [1.82, 2.24) is 20.2 Å². The van der Waals surface area contributed by atoms with E-state index >= 15 is 0 Å². The van der Waals surface area contributed by atoms with Gasteiger partial charge >= 0.3 is 5.76 Å². The number of benzene rings is 1. The Bertz CT molecular complexity index is 1430. The quantitative estimate of drug-likeness (QED) is 0.414.